The third-order valence-electron chi connectivity index (χ3n) is 3.20. The Kier molecular flexibility index (Phi) is 3.98. The van der Waals surface area contributed by atoms with Gasteiger partial charge in [-0.05, 0) is 52.7 Å². The zero-order chi connectivity index (χ0) is 14.8. The van der Waals surface area contributed by atoms with Crippen LogP contribution in [-0.2, 0) is 0 Å². The molecule has 1 unspecified atom stereocenters. The smallest absolute Gasteiger partial charge is 0.264 e. The molecule has 0 spiro atoms. The van der Waals surface area contributed by atoms with Crippen molar-refractivity contribution in [3.05, 3.63) is 61.5 Å². The van der Waals surface area contributed by atoms with Crippen LogP contribution >= 0.6 is 27.3 Å². The summed E-state index contributed by atoms with van der Waals surface area (Å²) < 4.78 is 1.14. The van der Waals surface area contributed by atoms with Crippen LogP contribution in [0.2, 0.25) is 0 Å². The molecule has 0 amide bonds. The van der Waals surface area contributed by atoms with E-state index in [1.807, 2.05) is 24.3 Å². The Labute approximate surface area is 134 Å². The number of thiophene rings is 1. The number of hydrogen-bond acceptors (Lipinski definition) is 3. The van der Waals surface area contributed by atoms with Crippen LogP contribution in [0.15, 0.2) is 51.0 Å². The topological polar surface area (TPSA) is 60.7 Å². The summed E-state index contributed by atoms with van der Waals surface area (Å²) in [5, 5.41) is 8.85. The van der Waals surface area contributed by atoms with Gasteiger partial charge in [-0.15, -0.1) is 11.3 Å². The normalized spacial score (nSPS) is 12.3. The molecule has 2 heterocycles. The first-order valence-electron chi connectivity index (χ1n) is 6.52. The van der Waals surface area contributed by atoms with E-state index in [1.165, 1.54) is 4.88 Å². The number of nitrogens with one attached hydrogen (secondary N) is 3. The van der Waals surface area contributed by atoms with Gasteiger partial charge >= 0.3 is 0 Å². The molecule has 3 rings (SSSR count). The number of halogens is 1. The lowest BCUT2D eigenvalue weighted by Crippen LogP contribution is -2.04. The van der Waals surface area contributed by atoms with Gasteiger partial charge < -0.3 is 5.32 Å². The predicted octanol–water partition coefficient (Wildman–Crippen LogP) is 4.37. The van der Waals surface area contributed by atoms with Crippen molar-refractivity contribution in [2.24, 2.45) is 0 Å². The summed E-state index contributed by atoms with van der Waals surface area (Å²) in [6, 6.07) is 14.0. The van der Waals surface area contributed by atoms with E-state index in [9.17, 15) is 4.79 Å². The van der Waals surface area contributed by atoms with E-state index in [0.29, 0.717) is 0 Å². The average molecular weight is 364 g/mol. The molecule has 2 aromatic heterocycles. The molecule has 0 saturated carbocycles. The highest BCUT2D eigenvalue weighted by molar-refractivity contribution is 9.11. The molecule has 3 aromatic rings. The Morgan fingerprint density at radius 3 is 2.48 bits per heavy atom. The lowest BCUT2D eigenvalue weighted by Gasteiger charge is -2.14. The molecule has 108 valence electrons. The predicted molar refractivity (Wildman–Crippen MR) is 90.9 cm³/mol. The third kappa shape index (κ3) is 3.28. The summed E-state index contributed by atoms with van der Waals surface area (Å²) in [6.07, 6.45) is 0. The molecule has 3 N–H and O–H groups in total. The molecule has 0 aliphatic rings. The molecule has 1 atom stereocenters. The zero-order valence-electron chi connectivity index (χ0n) is 11.3. The van der Waals surface area contributed by atoms with E-state index >= 15 is 0 Å². The molecule has 21 heavy (non-hydrogen) atoms. The summed E-state index contributed by atoms with van der Waals surface area (Å²) in [7, 11) is 0. The minimum absolute atomic E-state index is 0.121. The first-order valence-corrected chi connectivity index (χ1v) is 8.12. The number of benzene rings is 1. The number of rotatable bonds is 4. The van der Waals surface area contributed by atoms with Crippen LogP contribution in [0.5, 0.6) is 0 Å². The van der Waals surface area contributed by atoms with E-state index in [-0.39, 0.29) is 11.6 Å². The van der Waals surface area contributed by atoms with Crippen LogP contribution in [-0.4, -0.2) is 10.2 Å². The van der Waals surface area contributed by atoms with Gasteiger partial charge in [0.2, 0.25) is 0 Å². The van der Waals surface area contributed by atoms with Crippen molar-refractivity contribution in [3.8, 4) is 11.3 Å². The Morgan fingerprint density at radius 1 is 1.14 bits per heavy atom. The van der Waals surface area contributed by atoms with Crippen LogP contribution in [0.4, 0.5) is 5.69 Å². The van der Waals surface area contributed by atoms with Gasteiger partial charge in [-0.25, -0.2) is 0 Å². The maximum atomic E-state index is 11.1. The van der Waals surface area contributed by atoms with Crippen molar-refractivity contribution >= 4 is 33.0 Å². The first kappa shape index (κ1) is 14.2. The van der Waals surface area contributed by atoms with Gasteiger partial charge in [0.05, 0.1) is 15.5 Å². The van der Waals surface area contributed by atoms with E-state index in [4.69, 9.17) is 0 Å². The fraction of sp³-hybridized carbons (Fsp3) is 0.133. The van der Waals surface area contributed by atoms with E-state index in [0.717, 1.165) is 20.7 Å². The molecule has 0 fully saturated rings. The number of hydrogen-bond donors (Lipinski definition) is 3. The van der Waals surface area contributed by atoms with E-state index < -0.39 is 0 Å². The Morgan fingerprint density at radius 2 is 1.90 bits per heavy atom. The van der Waals surface area contributed by atoms with Crippen LogP contribution in [0.3, 0.4) is 0 Å². The Bertz CT molecular complexity index is 788. The summed E-state index contributed by atoms with van der Waals surface area (Å²) in [4.78, 5) is 12.4. The lowest BCUT2D eigenvalue weighted by molar-refractivity contribution is 0.908. The minimum Gasteiger partial charge on any atom is -0.378 e. The summed E-state index contributed by atoms with van der Waals surface area (Å²) in [6.45, 7) is 2.13. The van der Waals surface area contributed by atoms with Gasteiger partial charge in [0, 0.05) is 16.6 Å². The van der Waals surface area contributed by atoms with Gasteiger partial charge in [-0.1, -0.05) is 12.1 Å². The molecule has 0 aliphatic carbocycles. The van der Waals surface area contributed by atoms with Crippen molar-refractivity contribution in [3.63, 3.8) is 0 Å². The van der Waals surface area contributed by atoms with Crippen molar-refractivity contribution in [2.75, 3.05) is 5.32 Å². The van der Waals surface area contributed by atoms with Gasteiger partial charge in [0.25, 0.3) is 5.56 Å². The molecule has 0 bridgehead atoms. The van der Waals surface area contributed by atoms with Gasteiger partial charge in [-0.2, -0.15) is 0 Å². The van der Waals surface area contributed by atoms with Crippen molar-refractivity contribution in [1.82, 2.24) is 10.2 Å². The van der Waals surface area contributed by atoms with E-state index in [2.05, 4.69) is 50.5 Å². The standard InChI is InChI=1S/C15H14BrN3OS/c1-9(13-6-7-14(16)21-13)17-11-4-2-10(3-5-11)12-8-15(20)19-18-12/h2-9,17H,1H3,(H2,18,19,20). The van der Waals surface area contributed by atoms with Crippen LogP contribution < -0.4 is 10.9 Å². The summed E-state index contributed by atoms with van der Waals surface area (Å²) in [5.74, 6) is 0. The number of H-pyrrole nitrogens is 2. The monoisotopic (exact) mass is 363 g/mol. The number of aromatic nitrogens is 2. The Balaban J connectivity index is 1.74. The third-order valence-corrected chi connectivity index (χ3v) is 5.00. The fourth-order valence-corrected chi connectivity index (χ4v) is 3.54. The minimum atomic E-state index is -0.121. The maximum Gasteiger partial charge on any atom is 0.264 e. The number of anilines is 1. The van der Waals surface area contributed by atoms with Crippen molar-refractivity contribution in [2.45, 2.75) is 13.0 Å². The van der Waals surface area contributed by atoms with E-state index in [1.54, 1.807) is 17.4 Å². The quantitative estimate of drug-likeness (QED) is 0.644. The van der Waals surface area contributed by atoms with Crippen LogP contribution in [0.25, 0.3) is 11.3 Å². The molecule has 6 heteroatoms. The number of aromatic amines is 2. The van der Waals surface area contributed by atoms with Crippen molar-refractivity contribution < 1.29 is 0 Å². The van der Waals surface area contributed by atoms with Gasteiger partial charge in [-0.3, -0.25) is 15.0 Å². The summed E-state index contributed by atoms with van der Waals surface area (Å²) >= 11 is 5.21. The molecule has 0 radical (unpaired) electrons. The molecule has 0 aliphatic heterocycles. The highest BCUT2D eigenvalue weighted by atomic mass is 79.9. The van der Waals surface area contributed by atoms with Crippen molar-refractivity contribution in [1.29, 1.82) is 0 Å². The second-order valence-corrected chi connectivity index (χ2v) is 7.25. The van der Waals surface area contributed by atoms with Gasteiger partial charge in [0.15, 0.2) is 0 Å². The van der Waals surface area contributed by atoms with Crippen LogP contribution in [0, 0.1) is 0 Å². The second-order valence-electron chi connectivity index (χ2n) is 4.76. The van der Waals surface area contributed by atoms with Crippen LogP contribution in [0.1, 0.15) is 17.8 Å². The molecular formula is C15H14BrN3OS. The zero-order valence-corrected chi connectivity index (χ0v) is 13.7. The fourth-order valence-electron chi connectivity index (χ4n) is 2.12. The summed E-state index contributed by atoms with van der Waals surface area (Å²) in [5.41, 5.74) is 2.70. The highest BCUT2D eigenvalue weighted by Crippen LogP contribution is 2.29. The molecular weight excluding hydrogens is 350 g/mol. The average Bonchev–Trinajstić information content (AvgIpc) is 3.08. The second kappa shape index (κ2) is 5.91. The maximum absolute atomic E-state index is 11.1. The Hall–Kier alpha value is -1.79. The lowest BCUT2D eigenvalue weighted by atomic mass is 10.1. The largest absolute Gasteiger partial charge is 0.378 e. The molecule has 0 saturated heterocycles. The molecule has 1 aromatic carbocycles. The SMILES string of the molecule is CC(Nc1ccc(-c2cc(=O)[nH][nH]2)cc1)c1ccc(Br)s1. The molecule has 4 nitrogen and oxygen atoms in total. The first-order chi connectivity index (χ1) is 10.1. The highest BCUT2D eigenvalue weighted by Gasteiger charge is 2.08. The van der Waals surface area contributed by atoms with Gasteiger partial charge in [0.1, 0.15) is 0 Å².